The van der Waals surface area contributed by atoms with Gasteiger partial charge in [0.15, 0.2) is 5.69 Å². The fourth-order valence-electron chi connectivity index (χ4n) is 3.36. The molecule has 0 saturated heterocycles. The molecule has 2 aromatic carbocycles. The second kappa shape index (κ2) is 10.7. The van der Waals surface area contributed by atoms with Crippen LogP contribution in [0.3, 0.4) is 0 Å². The SMILES string of the molecule is CCc1cnn(-c2ccc(-n3cc(-c4cc(OC)cc(OC)c4)nn3)cc2)c1C(F)(F)F.O=C=O. The zero-order valence-corrected chi connectivity index (χ0v) is 18.9. The summed E-state index contributed by atoms with van der Waals surface area (Å²) in [5.41, 5.74) is 1.67. The molecular formula is C23H20F3N5O4. The molecule has 4 rings (SSSR count). The van der Waals surface area contributed by atoms with Gasteiger partial charge in [0.25, 0.3) is 0 Å². The molecule has 0 amide bonds. The Morgan fingerprint density at radius 2 is 1.54 bits per heavy atom. The lowest BCUT2D eigenvalue weighted by atomic mass is 10.1. The molecule has 0 aliphatic carbocycles. The Balaban J connectivity index is 0.00000108. The van der Waals surface area contributed by atoms with E-state index in [0.717, 1.165) is 10.2 Å². The molecule has 2 aromatic heterocycles. The smallest absolute Gasteiger partial charge is 0.433 e. The molecule has 0 saturated carbocycles. The van der Waals surface area contributed by atoms with Crippen LogP contribution in [0, 0.1) is 0 Å². The highest BCUT2D eigenvalue weighted by Crippen LogP contribution is 2.34. The van der Waals surface area contributed by atoms with Crippen LogP contribution in [0.4, 0.5) is 13.2 Å². The third-order valence-corrected chi connectivity index (χ3v) is 4.99. The standard InChI is InChI=1S/C22H20F3N5O2.CO2/c1-4-14-12-26-30(21(14)22(23,24)25)17-7-5-16(6-8-17)29-13-20(27-28-29)15-9-18(31-2)11-19(10-15)32-3;2-1-3/h5-13H,4H2,1-3H3;. The molecule has 0 bridgehead atoms. The van der Waals surface area contributed by atoms with Crippen LogP contribution < -0.4 is 9.47 Å². The lowest BCUT2D eigenvalue weighted by Gasteiger charge is -2.12. The number of halogens is 3. The number of methoxy groups -OCH3 is 2. The Labute approximate surface area is 197 Å². The van der Waals surface area contributed by atoms with Gasteiger partial charge in [-0.1, -0.05) is 12.1 Å². The Morgan fingerprint density at radius 1 is 0.971 bits per heavy atom. The fourth-order valence-corrected chi connectivity index (χ4v) is 3.36. The van der Waals surface area contributed by atoms with E-state index in [4.69, 9.17) is 19.1 Å². The van der Waals surface area contributed by atoms with Crippen molar-refractivity contribution in [3.8, 4) is 34.1 Å². The van der Waals surface area contributed by atoms with E-state index in [0.29, 0.717) is 28.6 Å². The van der Waals surface area contributed by atoms with Crippen LogP contribution in [0.2, 0.25) is 0 Å². The summed E-state index contributed by atoms with van der Waals surface area (Å²) in [6.45, 7) is 1.67. The number of ether oxygens (including phenoxy) is 2. The number of alkyl halides is 3. The molecule has 0 unspecified atom stereocenters. The summed E-state index contributed by atoms with van der Waals surface area (Å²) >= 11 is 0. The second-order valence-corrected chi connectivity index (χ2v) is 7.03. The van der Waals surface area contributed by atoms with E-state index >= 15 is 0 Å². The van der Waals surface area contributed by atoms with E-state index in [1.54, 1.807) is 57.7 Å². The number of rotatable bonds is 6. The summed E-state index contributed by atoms with van der Waals surface area (Å²) in [5.74, 6) is 1.23. The molecule has 0 aliphatic rings. The van der Waals surface area contributed by atoms with Gasteiger partial charge in [0, 0.05) is 17.2 Å². The van der Waals surface area contributed by atoms with Crippen LogP contribution in [0.5, 0.6) is 11.5 Å². The first-order valence-electron chi connectivity index (χ1n) is 10.2. The van der Waals surface area contributed by atoms with Crippen molar-refractivity contribution in [1.29, 1.82) is 0 Å². The minimum atomic E-state index is -4.50. The lowest BCUT2D eigenvalue weighted by molar-refractivity contribution is -0.191. The molecular weight excluding hydrogens is 467 g/mol. The summed E-state index contributed by atoms with van der Waals surface area (Å²) < 4.78 is 53.6. The van der Waals surface area contributed by atoms with Crippen LogP contribution in [-0.4, -0.2) is 45.1 Å². The van der Waals surface area contributed by atoms with Crippen molar-refractivity contribution in [1.82, 2.24) is 24.8 Å². The number of nitrogens with zero attached hydrogens (tertiary/aromatic N) is 5. The van der Waals surface area contributed by atoms with Gasteiger partial charge in [0.05, 0.1) is 38.0 Å². The molecule has 0 N–H and O–H groups in total. The Kier molecular flexibility index (Phi) is 7.67. The number of benzene rings is 2. The fraction of sp³-hybridized carbons (Fsp3) is 0.217. The molecule has 0 atom stereocenters. The van der Waals surface area contributed by atoms with E-state index in [9.17, 15) is 13.2 Å². The maximum Gasteiger partial charge on any atom is 0.433 e. The second-order valence-electron chi connectivity index (χ2n) is 7.03. The zero-order chi connectivity index (χ0) is 25.6. The maximum atomic E-state index is 13.5. The third-order valence-electron chi connectivity index (χ3n) is 4.99. The summed E-state index contributed by atoms with van der Waals surface area (Å²) in [5, 5.41) is 12.3. The normalized spacial score (nSPS) is 10.8. The quantitative estimate of drug-likeness (QED) is 0.403. The number of aromatic nitrogens is 5. The van der Waals surface area contributed by atoms with Crippen LogP contribution in [-0.2, 0) is 22.2 Å². The minimum absolute atomic E-state index is 0.149. The van der Waals surface area contributed by atoms with Gasteiger partial charge in [-0.05, 0) is 42.8 Å². The van der Waals surface area contributed by atoms with Crippen molar-refractivity contribution in [2.75, 3.05) is 14.2 Å². The summed E-state index contributed by atoms with van der Waals surface area (Å²) in [7, 11) is 3.12. The summed E-state index contributed by atoms with van der Waals surface area (Å²) in [4.78, 5) is 16.2. The van der Waals surface area contributed by atoms with Gasteiger partial charge in [0.1, 0.15) is 17.2 Å². The van der Waals surface area contributed by atoms with Gasteiger partial charge < -0.3 is 9.47 Å². The molecule has 35 heavy (non-hydrogen) atoms. The molecule has 2 heterocycles. The van der Waals surface area contributed by atoms with Crippen LogP contribution in [0.15, 0.2) is 54.9 Å². The van der Waals surface area contributed by atoms with Crippen LogP contribution in [0.1, 0.15) is 18.2 Å². The van der Waals surface area contributed by atoms with E-state index < -0.39 is 11.9 Å². The highest BCUT2D eigenvalue weighted by Gasteiger charge is 2.38. The van der Waals surface area contributed by atoms with Crippen molar-refractivity contribution < 1.29 is 32.2 Å². The highest BCUT2D eigenvalue weighted by molar-refractivity contribution is 5.63. The van der Waals surface area contributed by atoms with E-state index in [2.05, 4.69) is 15.4 Å². The van der Waals surface area contributed by atoms with Gasteiger partial charge in [-0.25, -0.2) is 9.36 Å². The Bertz CT molecular complexity index is 1300. The van der Waals surface area contributed by atoms with Crippen molar-refractivity contribution >= 4 is 6.15 Å². The van der Waals surface area contributed by atoms with Crippen molar-refractivity contribution in [3.63, 3.8) is 0 Å². The summed E-state index contributed by atoms with van der Waals surface area (Å²) in [6.07, 6.45) is -1.04. The number of hydrogen-bond acceptors (Lipinski definition) is 7. The molecule has 9 nitrogen and oxygen atoms in total. The maximum absolute atomic E-state index is 13.5. The van der Waals surface area contributed by atoms with E-state index in [1.807, 2.05) is 12.1 Å². The van der Waals surface area contributed by atoms with Gasteiger partial charge >= 0.3 is 12.3 Å². The topological polar surface area (TPSA) is 101 Å². The molecule has 0 spiro atoms. The first kappa shape index (κ1) is 25.2. The first-order valence-corrected chi connectivity index (χ1v) is 10.2. The largest absolute Gasteiger partial charge is 0.497 e. The summed E-state index contributed by atoms with van der Waals surface area (Å²) in [6, 6.07) is 11.8. The van der Waals surface area contributed by atoms with Crippen molar-refractivity contribution in [2.45, 2.75) is 19.5 Å². The number of hydrogen-bond donors (Lipinski definition) is 0. The molecule has 0 radical (unpaired) electrons. The zero-order valence-electron chi connectivity index (χ0n) is 18.9. The van der Waals surface area contributed by atoms with Crippen LogP contribution >= 0.6 is 0 Å². The lowest BCUT2D eigenvalue weighted by Crippen LogP contribution is -2.15. The van der Waals surface area contributed by atoms with E-state index in [1.165, 1.54) is 10.9 Å². The number of aryl methyl sites for hydroxylation is 1. The minimum Gasteiger partial charge on any atom is -0.497 e. The molecule has 0 fully saturated rings. The third kappa shape index (κ3) is 5.56. The first-order chi connectivity index (χ1) is 16.7. The molecule has 4 aromatic rings. The predicted molar refractivity (Wildman–Crippen MR) is 116 cm³/mol. The Hall–Kier alpha value is -4.44. The average Bonchev–Trinajstić information content (AvgIpc) is 3.52. The molecule has 182 valence electrons. The number of carbonyl (C=O) groups excluding carboxylic acids is 2. The monoisotopic (exact) mass is 487 g/mol. The predicted octanol–water partition coefficient (Wildman–Crippen LogP) is 4.13. The Morgan fingerprint density at radius 3 is 2.06 bits per heavy atom. The average molecular weight is 487 g/mol. The van der Waals surface area contributed by atoms with Gasteiger partial charge in [-0.3, -0.25) is 0 Å². The van der Waals surface area contributed by atoms with Crippen molar-refractivity contribution in [3.05, 3.63) is 66.1 Å². The molecule has 0 aliphatic heterocycles. The van der Waals surface area contributed by atoms with Gasteiger partial charge in [0.2, 0.25) is 0 Å². The molecule has 12 heteroatoms. The van der Waals surface area contributed by atoms with Crippen molar-refractivity contribution in [2.24, 2.45) is 0 Å². The van der Waals surface area contributed by atoms with Crippen LogP contribution in [0.25, 0.3) is 22.6 Å². The van der Waals surface area contributed by atoms with E-state index in [-0.39, 0.29) is 18.1 Å². The highest BCUT2D eigenvalue weighted by atomic mass is 19.4. The van der Waals surface area contributed by atoms with Gasteiger partial charge in [-0.15, -0.1) is 5.10 Å². The van der Waals surface area contributed by atoms with Gasteiger partial charge in [-0.2, -0.15) is 27.9 Å².